The van der Waals surface area contributed by atoms with Crippen LogP contribution in [0.15, 0.2) is 72.0 Å². The summed E-state index contributed by atoms with van der Waals surface area (Å²) in [6.45, 7) is 1.26. The minimum Gasteiger partial charge on any atom is -0.297 e. The van der Waals surface area contributed by atoms with Crippen LogP contribution in [0.2, 0.25) is 0 Å². The number of fused-ring (bicyclic) bond motifs is 1. The van der Waals surface area contributed by atoms with E-state index in [1.807, 2.05) is 35.4 Å². The first-order chi connectivity index (χ1) is 15.9. The molecule has 1 aliphatic rings. The van der Waals surface area contributed by atoms with Gasteiger partial charge in [-0.2, -0.15) is 18.4 Å². The van der Waals surface area contributed by atoms with Gasteiger partial charge < -0.3 is 0 Å². The van der Waals surface area contributed by atoms with Crippen molar-refractivity contribution in [2.45, 2.75) is 23.7 Å². The van der Waals surface area contributed by atoms with Gasteiger partial charge in [-0.1, -0.05) is 36.4 Å². The summed E-state index contributed by atoms with van der Waals surface area (Å²) >= 11 is -0.827. The molecule has 1 fully saturated rings. The Morgan fingerprint density at radius 2 is 1.76 bits per heavy atom. The van der Waals surface area contributed by atoms with Gasteiger partial charge in [0.2, 0.25) is 0 Å². The van der Waals surface area contributed by atoms with Gasteiger partial charge >= 0.3 is 0 Å². The van der Waals surface area contributed by atoms with Crippen molar-refractivity contribution in [2.24, 2.45) is 0 Å². The lowest BCUT2D eigenvalue weighted by atomic mass is 10.0. The number of aromatic nitrogens is 3. The molecule has 1 aliphatic heterocycles. The van der Waals surface area contributed by atoms with Crippen LogP contribution in [0.1, 0.15) is 18.4 Å². The van der Waals surface area contributed by atoms with Gasteiger partial charge in [0.15, 0.2) is 21.7 Å². The normalized spacial score (nSPS) is 15.9. The molecule has 1 N–H and O–H groups in total. The Balaban J connectivity index is 1.40. The van der Waals surface area contributed by atoms with E-state index in [1.54, 1.807) is 35.3 Å². The second-order valence-corrected chi connectivity index (χ2v) is 9.87. The zero-order valence-corrected chi connectivity index (χ0v) is 19.1. The molecule has 2 aromatic carbocycles. The Morgan fingerprint density at radius 1 is 1.00 bits per heavy atom. The molecule has 5 rings (SSSR count). The minimum atomic E-state index is -2.87. The van der Waals surface area contributed by atoms with Crippen LogP contribution in [-0.2, 0) is 17.1 Å². The first kappa shape index (κ1) is 22.0. The molecule has 5 nitrogen and oxygen atoms in total. The van der Waals surface area contributed by atoms with Crippen LogP contribution < -0.4 is 0 Å². The summed E-state index contributed by atoms with van der Waals surface area (Å²) < 4.78 is 41.0. The number of hydrogen-bond donors (Lipinski definition) is 1. The molecule has 0 bridgehead atoms. The Morgan fingerprint density at radius 3 is 2.48 bits per heavy atom. The molecule has 0 spiro atoms. The van der Waals surface area contributed by atoms with Crippen molar-refractivity contribution in [1.29, 1.82) is 0 Å². The average molecular weight is 468 g/mol. The second-order valence-electron chi connectivity index (χ2n) is 8.44. The van der Waals surface area contributed by atoms with E-state index in [2.05, 4.69) is 10.1 Å². The van der Waals surface area contributed by atoms with Gasteiger partial charge in [-0.25, -0.2) is 9.50 Å². The van der Waals surface area contributed by atoms with Gasteiger partial charge in [0.25, 0.3) is 5.92 Å². The van der Waals surface area contributed by atoms with E-state index in [9.17, 15) is 13.3 Å². The fourth-order valence-electron chi connectivity index (χ4n) is 4.29. The SMILES string of the molecule is C[S+](O)c1cccc(-c2cnn3cc(-c4ccc(C(F)(F)CN5CCCC5)cc4)cnc23)c1. The number of halogens is 2. The summed E-state index contributed by atoms with van der Waals surface area (Å²) in [7, 11) is 0. The maximum absolute atomic E-state index is 14.7. The van der Waals surface area contributed by atoms with Gasteiger partial charge in [-0.15, -0.1) is 0 Å². The minimum absolute atomic E-state index is 0.0345. The number of nitrogens with zero attached hydrogens (tertiary/aromatic N) is 4. The lowest BCUT2D eigenvalue weighted by molar-refractivity contribution is -0.0327. The highest BCUT2D eigenvalue weighted by atomic mass is 32.2. The fraction of sp³-hybridized carbons (Fsp3) is 0.280. The molecule has 8 heteroatoms. The molecule has 1 unspecified atom stereocenters. The summed E-state index contributed by atoms with van der Waals surface area (Å²) in [6, 6.07) is 14.1. The molecular formula is C25H25F2N4OS+. The van der Waals surface area contributed by atoms with E-state index in [0.717, 1.165) is 53.1 Å². The number of rotatable bonds is 6. The molecule has 2 aromatic heterocycles. The maximum Gasteiger partial charge on any atom is 0.285 e. The van der Waals surface area contributed by atoms with E-state index in [-0.39, 0.29) is 12.1 Å². The van der Waals surface area contributed by atoms with Crippen molar-refractivity contribution < 1.29 is 13.3 Å². The third-order valence-electron chi connectivity index (χ3n) is 6.10. The van der Waals surface area contributed by atoms with Gasteiger partial charge in [-0.3, -0.25) is 4.90 Å². The van der Waals surface area contributed by atoms with Gasteiger partial charge in [-0.05, 0) is 43.1 Å². The van der Waals surface area contributed by atoms with Crippen LogP contribution in [0.5, 0.6) is 0 Å². The average Bonchev–Trinajstić information content (AvgIpc) is 3.48. The Kier molecular flexibility index (Phi) is 5.90. The highest BCUT2D eigenvalue weighted by molar-refractivity contribution is 7.90. The van der Waals surface area contributed by atoms with Gasteiger partial charge in [0, 0.05) is 35.2 Å². The quantitative estimate of drug-likeness (QED) is 0.390. The number of hydrogen-bond acceptors (Lipinski definition) is 4. The standard InChI is InChI=1S/C25H25F2N4OS/c1-33(32)22-6-4-5-19(13-22)23-15-29-31-16-20(14-28-24(23)31)18-7-9-21(10-8-18)25(26,27)17-30-11-2-3-12-30/h4-10,13-16,32H,2-3,11-12,17H2,1H3/q+1. The lowest BCUT2D eigenvalue weighted by Gasteiger charge is -2.23. The molecule has 33 heavy (non-hydrogen) atoms. The van der Waals surface area contributed by atoms with Gasteiger partial charge in [0.05, 0.1) is 12.7 Å². The van der Waals surface area contributed by atoms with Crippen molar-refractivity contribution >= 4 is 16.8 Å². The zero-order chi connectivity index (χ0) is 23.0. The van der Waals surface area contributed by atoms with Crippen molar-refractivity contribution in [3.8, 4) is 22.3 Å². The third-order valence-corrected chi connectivity index (χ3v) is 7.04. The summed E-state index contributed by atoms with van der Waals surface area (Å²) in [5.41, 5.74) is 4.13. The van der Waals surface area contributed by atoms with E-state index in [1.165, 1.54) is 12.1 Å². The predicted octanol–water partition coefficient (Wildman–Crippen LogP) is 5.33. The van der Waals surface area contributed by atoms with Crippen molar-refractivity contribution in [3.05, 3.63) is 72.7 Å². The first-order valence-corrected chi connectivity index (χ1v) is 12.5. The summed E-state index contributed by atoms with van der Waals surface area (Å²) in [4.78, 5) is 7.28. The Labute approximate surface area is 194 Å². The van der Waals surface area contributed by atoms with E-state index in [0.29, 0.717) is 5.65 Å². The molecule has 0 saturated carbocycles. The van der Waals surface area contributed by atoms with E-state index < -0.39 is 17.1 Å². The first-order valence-electron chi connectivity index (χ1n) is 10.9. The largest absolute Gasteiger partial charge is 0.297 e. The zero-order valence-electron chi connectivity index (χ0n) is 18.3. The molecule has 4 aromatic rings. The van der Waals surface area contributed by atoms with Crippen LogP contribution in [0, 0.1) is 0 Å². The van der Waals surface area contributed by atoms with Crippen LogP contribution in [-0.4, -0.2) is 49.9 Å². The lowest BCUT2D eigenvalue weighted by Crippen LogP contribution is -2.33. The third kappa shape index (κ3) is 4.51. The number of likely N-dealkylation sites (tertiary alicyclic amines) is 1. The molecule has 170 valence electrons. The van der Waals surface area contributed by atoms with Crippen LogP contribution in [0.3, 0.4) is 0 Å². The van der Waals surface area contributed by atoms with E-state index in [4.69, 9.17) is 0 Å². The Bertz CT molecular complexity index is 1270. The summed E-state index contributed by atoms with van der Waals surface area (Å²) in [5.74, 6) is -2.87. The second kappa shape index (κ2) is 8.85. The molecule has 3 heterocycles. The topological polar surface area (TPSA) is 53.7 Å². The highest BCUT2D eigenvalue weighted by Crippen LogP contribution is 2.32. The smallest absolute Gasteiger partial charge is 0.285 e. The maximum atomic E-state index is 14.7. The molecule has 0 amide bonds. The number of benzene rings is 2. The van der Waals surface area contributed by atoms with Crippen molar-refractivity contribution in [3.63, 3.8) is 0 Å². The molecule has 0 aliphatic carbocycles. The van der Waals surface area contributed by atoms with Crippen LogP contribution >= 0.6 is 0 Å². The van der Waals surface area contributed by atoms with Gasteiger partial charge in [0.1, 0.15) is 6.26 Å². The Hall–Kier alpha value is -2.81. The van der Waals surface area contributed by atoms with E-state index >= 15 is 0 Å². The van der Waals surface area contributed by atoms with Crippen molar-refractivity contribution in [1.82, 2.24) is 19.5 Å². The van der Waals surface area contributed by atoms with Crippen LogP contribution in [0.25, 0.3) is 27.9 Å². The number of alkyl halides is 2. The molecule has 1 atom stereocenters. The predicted molar refractivity (Wildman–Crippen MR) is 128 cm³/mol. The highest BCUT2D eigenvalue weighted by Gasteiger charge is 2.34. The summed E-state index contributed by atoms with van der Waals surface area (Å²) in [6.07, 6.45) is 9.07. The molecule has 1 saturated heterocycles. The van der Waals surface area contributed by atoms with Crippen LogP contribution in [0.4, 0.5) is 8.78 Å². The molecule has 0 radical (unpaired) electrons. The monoisotopic (exact) mass is 467 g/mol. The molecular weight excluding hydrogens is 442 g/mol. The van der Waals surface area contributed by atoms with Crippen molar-refractivity contribution in [2.75, 3.05) is 25.9 Å². The summed E-state index contributed by atoms with van der Waals surface area (Å²) in [5, 5.41) is 4.44. The fourth-order valence-corrected chi connectivity index (χ4v) is 4.87.